The zero-order chi connectivity index (χ0) is 43.2. The van der Waals surface area contributed by atoms with Crippen molar-refractivity contribution >= 4 is 19.8 Å². The number of carbonyl (C=O) groups excluding carboxylic acids is 2. The Labute approximate surface area is 358 Å². The molecule has 0 bridgehead atoms. The Hall–Kier alpha value is -1.85. The smallest absolute Gasteiger partial charge is 0.462 e. The summed E-state index contributed by atoms with van der Waals surface area (Å²) in [5, 5.41) is 18.4. The van der Waals surface area contributed by atoms with Crippen molar-refractivity contribution in [2.75, 3.05) is 26.4 Å². The average Bonchev–Trinajstić information content (AvgIpc) is 3.98. The van der Waals surface area contributed by atoms with Crippen molar-refractivity contribution in [3.63, 3.8) is 0 Å². The molecule has 0 radical (unpaired) electrons. The van der Waals surface area contributed by atoms with Gasteiger partial charge in [0.15, 0.2) is 6.10 Å². The Balaban J connectivity index is 2.27. The molecule has 3 N–H and O–H groups in total. The first kappa shape index (κ1) is 55.2. The largest absolute Gasteiger partial charge is 0.472 e. The molecule has 11 nitrogen and oxygen atoms in total. The molecular formula is C47H85O11P. The highest BCUT2D eigenvalue weighted by Gasteiger charge is 2.37. The Morgan fingerprint density at radius 3 is 1.85 bits per heavy atom. The number of unbranched alkanes of at least 4 members (excludes halogenated alkanes) is 16. The molecule has 0 amide bonds. The molecule has 6 atom stereocenters. The molecule has 4 unspecified atom stereocenters. The number of aliphatic hydroxyl groups is 2. The van der Waals surface area contributed by atoms with Gasteiger partial charge in [0.25, 0.3) is 0 Å². The first-order chi connectivity index (χ1) is 28.6. The molecule has 1 aliphatic heterocycles. The predicted octanol–water partition coefficient (Wildman–Crippen LogP) is 11.6. The quantitative estimate of drug-likeness (QED) is 0.0176. The number of ether oxygens (including phenoxy) is 3. The molecule has 0 aromatic heterocycles. The van der Waals surface area contributed by atoms with Crippen LogP contribution in [0.2, 0.25) is 0 Å². The average molecular weight is 857 g/mol. The second kappa shape index (κ2) is 37.9. The second-order valence-electron chi connectivity index (χ2n) is 16.4. The first-order valence-electron chi connectivity index (χ1n) is 23.5. The van der Waals surface area contributed by atoms with Gasteiger partial charge in [0.05, 0.1) is 32.0 Å². The highest BCUT2D eigenvalue weighted by molar-refractivity contribution is 7.47. The van der Waals surface area contributed by atoms with Crippen LogP contribution in [-0.2, 0) is 37.4 Å². The number of hydrogen-bond acceptors (Lipinski definition) is 10. The molecule has 12 heteroatoms. The molecule has 59 heavy (non-hydrogen) atoms. The minimum Gasteiger partial charge on any atom is -0.462 e. The van der Waals surface area contributed by atoms with Crippen LogP contribution in [0.25, 0.3) is 0 Å². The van der Waals surface area contributed by atoms with Gasteiger partial charge in [0, 0.05) is 12.8 Å². The van der Waals surface area contributed by atoms with E-state index in [0.717, 1.165) is 50.9 Å². The summed E-state index contributed by atoms with van der Waals surface area (Å²) in [6, 6.07) is 0. The highest BCUT2D eigenvalue weighted by Crippen LogP contribution is 2.43. The summed E-state index contributed by atoms with van der Waals surface area (Å²) in [6.45, 7) is 4.65. The monoisotopic (exact) mass is 857 g/mol. The summed E-state index contributed by atoms with van der Waals surface area (Å²) in [4.78, 5) is 35.2. The predicted molar refractivity (Wildman–Crippen MR) is 237 cm³/mol. The van der Waals surface area contributed by atoms with Crippen LogP contribution in [0.3, 0.4) is 0 Å². The maximum Gasteiger partial charge on any atom is 0.472 e. The van der Waals surface area contributed by atoms with E-state index in [1.165, 1.54) is 96.3 Å². The van der Waals surface area contributed by atoms with E-state index in [9.17, 15) is 24.2 Å². The van der Waals surface area contributed by atoms with Gasteiger partial charge in [-0.2, -0.15) is 0 Å². The standard InChI is InChI=1S/C47H85O11P/c1-4-6-7-8-9-10-11-17-20-23-26-29-33-44-45(58-44)34-31-36-47(51)57-43(40-56-59(52,53)55-38-42(49)37-48)39-54-46(50)35-30-27-24-21-18-15-13-12-14-16-19-22-25-28-32-41(3)5-2/h9-10,17,20,26,29,41-45,48-49H,4-8,11-16,18-19,21-25,27-28,30-40H2,1-3H3,(H,52,53)/b10-9-,20-17-,29-26-/t41?,42-,43+,44?,45?/m0/s1. The molecule has 0 aromatic carbocycles. The van der Waals surface area contributed by atoms with Crippen molar-refractivity contribution in [3.05, 3.63) is 36.5 Å². The maximum absolute atomic E-state index is 12.7. The Morgan fingerprint density at radius 1 is 0.678 bits per heavy atom. The van der Waals surface area contributed by atoms with Gasteiger partial charge in [-0.3, -0.25) is 18.6 Å². The lowest BCUT2D eigenvalue weighted by Crippen LogP contribution is -2.30. The lowest BCUT2D eigenvalue weighted by molar-refractivity contribution is -0.161. The summed E-state index contributed by atoms with van der Waals surface area (Å²) in [5.41, 5.74) is 0. The number of rotatable bonds is 42. The van der Waals surface area contributed by atoms with Gasteiger partial charge in [0.1, 0.15) is 12.7 Å². The van der Waals surface area contributed by atoms with E-state index in [0.29, 0.717) is 19.3 Å². The van der Waals surface area contributed by atoms with Gasteiger partial charge >= 0.3 is 19.8 Å². The van der Waals surface area contributed by atoms with Gasteiger partial charge in [-0.1, -0.05) is 166 Å². The minimum atomic E-state index is -4.64. The molecule has 0 spiro atoms. The molecule has 0 saturated carbocycles. The fraction of sp³-hybridized carbons (Fsp3) is 0.830. The molecule has 344 valence electrons. The van der Waals surface area contributed by atoms with Crippen LogP contribution in [0.1, 0.15) is 194 Å². The number of esters is 2. The van der Waals surface area contributed by atoms with E-state index in [2.05, 4.69) is 57.2 Å². The van der Waals surface area contributed by atoms with Gasteiger partial charge in [-0.25, -0.2) is 4.57 Å². The van der Waals surface area contributed by atoms with E-state index < -0.39 is 51.8 Å². The SMILES string of the molecule is CCCCC/C=C\C/C=C\C/C=C\CC1OC1CCCC(=O)O[C@H](COC(=O)CCCCCCCCCCCCCCCCC(C)CC)COP(=O)(O)OC[C@@H](O)CO. The van der Waals surface area contributed by atoms with E-state index in [1.54, 1.807) is 0 Å². The fourth-order valence-corrected chi connectivity index (χ4v) is 7.43. The summed E-state index contributed by atoms with van der Waals surface area (Å²) in [7, 11) is -4.64. The topological polar surface area (TPSA) is 161 Å². The van der Waals surface area contributed by atoms with Gasteiger partial charge in [-0.05, 0) is 57.3 Å². The normalized spacial score (nSPS) is 18.1. The second-order valence-corrected chi connectivity index (χ2v) is 17.9. The molecule has 1 aliphatic rings. The molecular weight excluding hydrogens is 771 g/mol. The molecule has 1 heterocycles. The molecule has 0 aromatic rings. The van der Waals surface area contributed by atoms with Crippen molar-refractivity contribution in [1.82, 2.24) is 0 Å². The molecule has 1 rings (SSSR count). The van der Waals surface area contributed by atoms with Crippen LogP contribution in [0.5, 0.6) is 0 Å². The highest BCUT2D eigenvalue weighted by atomic mass is 31.2. The number of carbonyl (C=O) groups is 2. The van der Waals surface area contributed by atoms with E-state index in [4.69, 9.17) is 28.4 Å². The van der Waals surface area contributed by atoms with Crippen molar-refractivity contribution in [3.8, 4) is 0 Å². The van der Waals surface area contributed by atoms with Gasteiger partial charge < -0.3 is 29.3 Å². The third kappa shape index (κ3) is 35.4. The summed E-state index contributed by atoms with van der Waals surface area (Å²) in [5.74, 6) is -0.124. The van der Waals surface area contributed by atoms with Crippen LogP contribution in [0.15, 0.2) is 36.5 Å². The van der Waals surface area contributed by atoms with Gasteiger partial charge in [0.2, 0.25) is 0 Å². The van der Waals surface area contributed by atoms with E-state index >= 15 is 0 Å². The number of allylic oxidation sites excluding steroid dienone is 5. The van der Waals surface area contributed by atoms with Crippen molar-refractivity contribution < 1.29 is 52.5 Å². The fourth-order valence-electron chi connectivity index (χ4n) is 6.64. The molecule has 1 saturated heterocycles. The lowest BCUT2D eigenvalue weighted by Gasteiger charge is -2.20. The first-order valence-corrected chi connectivity index (χ1v) is 25.0. The maximum atomic E-state index is 12.7. The Morgan fingerprint density at radius 2 is 1.24 bits per heavy atom. The third-order valence-corrected chi connectivity index (χ3v) is 11.7. The van der Waals surface area contributed by atoms with Crippen LogP contribution >= 0.6 is 7.82 Å². The van der Waals surface area contributed by atoms with Crippen molar-refractivity contribution in [2.45, 2.75) is 219 Å². The Bertz CT molecular complexity index is 1160. The number of phosphoric acid groups is 1. The number of hydrogen-bond donors (Lipinski definition) is 3. The third-order valence-electron chi connectivity index (χ3n) is 10.8. The van der Waals surface area contributed by atoms with Crippen LogP contribution in [0.4, 0.5) is 0 Å². The van der Waals surface area contributed by atoms with Crippen LogP contribution < -0.4 is 0 Å². The zero-order valence-electron chi connectivity index (χ0n) is 37.3. The van der Waals surface area contributed by atoms with Crippen molar-refractivity contribution in [1.29, 1.82) is 0 Å². The number of phosphoric ester groups is 1. The van der Waals surface area contributed by atoms with Crippen molar-refractivity contribution in [2.24, 2.45) is 5.92 Å². The lowest BCUT2D eigenvalue weighted by atomic mass is 9.99. The van der Waals surface area contributed by atoms with Crippen LogP contribution in [-0.4, -0.2) is 77.9 Å². The zero-order valence-corrected chi connectivity index (χ0v) is 38.2. The Kier molecular flexibility index (Phi) is 35.4. The number of aliphatic hydroxyl groups excluding tert-OH is 2. The van der Waals surface area contributed by atoms with Crippen LogP contribution in [0, 0.1) is 5.92 Å². The molecule has 0 aliphatic carbocycles. The van der Waals surface area contributed by atoms with E-state index in [1.807, 2.05) is 0 Å². The van der Waals surface area contributed by atoms with Gasteiger partial charge in [-0.15, -0.1) is 0 Å². The minimum absolute atomic E-state index is 0.0892. The summed E-state index contributed by atoms with van der Waals surface area (Å²) in [6.07, 6.45) is 39.8. The number of epoxide rings is 1. The van der Waals surface area contributed by atoms with E-state index in [-0.39, 0.29) is 31.7 Å². The molecule has 1 fully saturated rings. The summed E-state index contributed by atoms with van der Waals surface area (Å²) >= 11 is 0. The summed E-state index contributed by atoms with van der Waals surface area (Å²) < 4.78 is 38.6.